The van der Waals surface area contributed by atoms with Crippen molar-refractivity contribution in [2.75, 3.05) is 31.2 Å². The molecule has 2 aromatic carbocycles. The number of nitrogens with zero attached hydrogens (tertiary/aromatic N) is 5. The molecule has 13 heteroatoms. The summed E-state index contributed by atoms with van der Waals surface area (Å²) in [4.78, 5) is 25.3. The lowest BCUT2D eigenvalue weighted by molar-refractivity contribution is 0.347. The van der Waals surface area contributed by atoms with Crippen molar-refractivity contribution in [3.63, 3.8) is 0 Å². The first-order valence-electron chi connectivity index (χ1n) is 13.7. The van der Waals surface area contributed by atoms with Crippen LogP contribution in [0.25, 0.3) is 11.0 Å². The molecule has 44 heavy (non-hydrogen) atoms. The van der Waals surface area contributed by atoms with Crippen molar-refractivity contribution in [1.82, 2.24) is 24.6 Å². The van der Waals surface area contributed by atoms with Gasteiger partial charge in [-0.2, -0.15) is 16.7 Å². The molecule has 0 bridgehead atoms. The minimum atomic E-state index is -2.40. The molecule has 0 radical (unpaired) electrons. The Morgan fingerprint density at radius 1 is 1.16 bits per heavy atom. The van der Waals surface area contributed by atoms with Gasteiger partial charge in [0.05, 0.1) is 24.1 Å². The van der Waals surface area contributed by atoms with Gasteiger partial charge in [0, 0.05) is 57.5 Å². The third-order valence-corrected chi connectivity index (χ3v) is 9.12. The van der Waals surface area contributed by atoms with E-state index in [1.165, 1.54) is 16.3 Å². The molecule has 10 nitrogen and oxygen atoms in total. The van der Waals surface area contributed by atoms with Crippen LogP contribution in [0.2, 0.25) is 5.02 Å². The van der Waals surface area contributed by atoms with E-state index in [9.17, 15) is 13.6 Å². The van der Waals surface area contributed by atoms with Crippen LogP contribution >= 0.6 is 23.4 Å². The SMILES string of the molecule is CN1CCSC(c2ccc(Nc3ncc4cc(C#Cc5ccc(Cl)cc5)c(=O)n(Cc5cnoc5CS(=O)[O-])c4n3)cc2)C1. The van der Waals surface area contributed by atoms with Gasteiger partial charge in [-0.05, 0) is 66.2 Å². The van der Waals surface area contributed by atoms with Gasteiger partial charge in [-0.25, -0.2) is 4.98 Å². The average molecular weight is 646 g/mol. The Bertz CT molecular complexity index is 1950. The van der Waals surface area contributed by atoms with Gasteiger partial charge in [-0.15, -0.1) is 0 Å². The number of anilines is 2. The minimum absolute atomic E-state index is 0.0273. The Hall–Kier alpha value is -3.99. The second-order valence-corrected chi connectivity index (χ2v) is 12.9. The molecular weight excluding hydrogens is 620 g/mol. The summed E-state index contributed by atoms with van der Waals surface area (Å²) in [6.45, 7) is 2.08. The Morgan fingerprint density at radius 2 is 1.95 bits per heavy atom. The molecule has 5 aromatic rings. The number of hydrogen-bond acceptors (Lipinski definition) is 10. The Kier molecular flexibility index (Phi) is 9.11. The first-order valence-corrected chi connectivity index (χ1v) is 16.3. The molecule has 1 N–H and O–H groups in total. The molecule has 0 aliphatic carbocycles. The molecule has 6 rings (SSSR count). The van der Waals surface area contributed by atoms with Gasteiger partial charge in [0.1, 0.15) is 5.65 Å². The summed E-state index contributed by atoms with van der Waals surface area (Å²) >= 11 is 5.55. The third kappa shape index (κ3) is 7.04. The number of fused-ring (bicyclic) bond motifs is 1. The largest absolute Gasteiger partial charge is 0.772 e. The molecule has 1 aliphatic heterocycles. The van der Waals surface area contributed by atoms with Crippen LogP contribution < -0.4 is 10.9 Å². The highest BCUT2D eigenvalue weighted by atomic mass is 35.5. The molecule has 1 saturated heterocycles. The van der Waals surface area contributed by atoms with E-state index in [1.807, 2.05) is 23.9 Å². The molecular formula is C31H26ClN6O4S2-. The van der Waals surface area contributed by atoms with Gasteiger partial charge >= 0.3 is 0 Å². The van der Waals surface area contributed by atoms with Crippen molar-refractivity contribution in [3.8, 4) is 11.8 Å². The van der Waals surface area contributed by atoms with Crippen LogP contribution in [0.15, 0.2) is 76.3 Å². The fourth-order valence-corrected chi connectivity index (χ4v) is 6.82. The van der Waals surface area contributed by atoms with E-state index in [4.69, 9.17) is 16.1 Å². The predicted molar refractivity (Wildman–Crippen MR) is 172 cm³/mol. The maximum Gasteiger partial charge on any atom is 0.268 e. The number of nitrogens with one attached hydrogen (secondary N) is 1. The molecule has 4 heterocycles. The summed E-state index contributed by atoms with van der Waals surface area (Å²) < 4.78 is 29.3. The highest BCUT2D eigenvalue weighted by Crippen LogP contribution is 2.33. The van der Waals surface area contributed by atoms with Gasteiger partial charge in [0.25, 0.3) is 5.56 Å². The number of halogens is 1. The zero-order valence-electron chi connectivity index (χ0n) is 23.5. The quantitative estimate of drug-likeness (QED) is 0.196. The number of aromatic nitrogens is 4. The van der Waals surface area contributed by atoms with Crippen LogP contribution in [0.4, 0.5) is 11.6 Å². The number of likely N-dealkylation sites (N-methyl/N-ethyl adjacent to an activating group) is 1. The van der Waals surface area contributed by atoms with E-state index in [-0.39, 0.29) is 23.6 Å². The fourth-order valence-electron chi connectivity index (χ4n) is 4.83. The lowest BCUT2D eigenvalue weighted by Crippen LogP contribution is -2.30. The highest BCUT2D eigenvalue weighted by molar-refractivity contribution is 7.99. The molecule has 0 saturated carbocycles. The average Bonchev–Trinajstić information content (AvgIpc) is 3.44. The number of rotatable bonds is 7. The van der Waals surface area contributed by atoms with E-state index in [0.29, 0.717) is 38.4 Å². The minimum Gasteiger partial charge on any atom is -0.772 e. The van der Waals surface area contributed by atoms with Gasteiger partial charge in [-0.1, -0.05) is 40.7 Å². The van der Waals surface area contributed by atoms with Crippen molar-refractivity contribution >= 4 is 57.1 Å². The second-order valence-electron chi connectivity index (χ2n) is 10.3. The van der Waals surface area contributed by atoms with E-state index < -0.39 is 16.6 Å². The first-order chi connectivity index (χ1) is 21.3. The van der Waals surface area contributed by atoms with Crippen molar-refractivity contribution in [1.29, 1.82) is 0 Å². The predicted octanol–water partition coefficient (Wildman–Crippen LogP) is 4.72. The van der Waals surface area contributed by atoms with E-state index in [1.54, 1.807) is 36.5 Å². The molecule has 0 spiro atoms. The molecule has 224 valence electrons. The number of hydrogen-bond donors (Lipinski definition) is 1. The molecule has 0 amide bonds. The Labute approximate surface area is 265 Å². The van der Waals surface area contributed by atoms with Crippen LogP contribution in [0.3, 0.4) is 0 Å². The number of pyridine rings is 1. The standard InChI is InChI=1S/C31H27ClN6O4S2/c1-37-12-13-43-28(18-37)21-6-10-26(11-7-21)35-31-33-15-23-14-22(5-2-20-3-8-25(32)9-4-20)30(39)38(29(23)36-31)17-24-16-34-42-27(24)19-44(40)41/h3-4,6-11,14-16,28H,12-13,17-19H2,1H3,(H,40,41)(H,33,35,36)/p-1. The maximum atomic E-state index is 13.8. The van der Waals surface area contributed by atoms with E-state index in [2.05, 4.69) is 56.4 Å². The van der Waals surface area contributed by atoms with Crippen LogP contribution in [-0.4, -0.2) is 59.2 Å². The van der Waals surface area contributed by atoms with Crippen LogP contribution in [-0.2, 0) is 23.4 Å². The summed E-state index contributed by atoms with van der Waals surface area (Å²) in [6.07, 6.45) is 3.02. The third-order valence-electron chi connectivity index (χ3n) is 7.13. The summed E-state index contributed by atoms with van der Waals surface area (Å²) in [5.41, 5.74) is 3.36. The van der Waals surface area contributed by atoms with Gasteiger partial charge in [0.2, 0.25) is 5.95 Å². The van der Waals surface area contributed by atoms with E-state index >= 15 is 0 Å². The highest BCUT2D eigenvalue weighted by Gasteiger charge is 2.20. The zero-order valence-corrected chi connectivity index (χ0v) is 25.9. The van der Waals surface area contributed by atoms with Crippen molar-refractivity contribution < 1.29 is 13.3 Å². The van der Waals surface area contributed by atoms with Crippen molar-refractivity contribution in [2.24, 2.45) is 0 Å². The summed E-state index contributed by atoms with van der Waals surface area (Å²) in [5, 5.41) is 8.58. The maximum absolute atomic E-state index is 13.8. The van der Waals surface area contributed by atoms with Crippen molar-refractivity contribution in [2.45, 2.75) is 17.5 Å². The molecule has 3 aromatic heterocycles. The second kappa shape index (κ2) is 13.3. The van der Waals surface area contributed by atoms with Crippen LogP contribution in [0.5, 0.6) is 0 Å². The summed E-state index contributed by atoms with van der Waals surface area (Å²) in [7, 11) is 2.14. The van der Waals surface area contributed by atoms with Crippen LogP contribution in [0, 0.1) is 11.8 Å². The van der Waals surface area contributed by atoms with Crippen LogP contribution in [0.1, 0.15) is 33.3 Å². The molecule has 1 fully saturated rings. The zero-order chi connectivity index (χ0) is 30.6. The number of benzene rings is 2. The smallest absolute Gasteiger partial charge is 0.268 e. The Morgan fingerprint density at radius 3 is 2.70 bits per heavy atom. The van der Waals surface area contributed by atoms with Gasteiger partial charge < -0.3 is 19.3 Å². The fraction of sp³-hybridized carbons (Fsp3) is 0.226. The van der Waals surface area contributed by atoms with E-state index in [0.717, 1.165) is 24.5 Å². The normalized spacial score (nSPS) is 15.9. The lowest BCUT2D eigenvalue weighted by atomic mass is 10.1. The van der Waals surface area contributed by atoms with Gasteiger partial charge in [-0.3, -0.25) is 13.6 Å². The first kappa shape index (κ1) is 30.1. The van der Waals surface area contributed by atoms with Crippen molar-refractivity contribution in [3.05, 3.63) is 110 Å². The number of thioether (sulfide) groups is 1. The topological polar surface area (TPSA) is 129 Å². The molecule has 2 atom stereocenters. The lowest BCUT2D eigenvalue weighted by Gasteiger charge is -2.29. The molecule has 1 aliphatic rings. The summed E-state index contributed by atoms with van der Waals surface area (Å²) in [6, 6.07) is 16.8. The molecule has 2 unspecified atom stereocenters. The Balaban J connectivity index is 1.35. The monoisotopic (exact) mass is 645 g/mol. The van der Waals surface area contributed by atoms with Gasteiger partial charge in [0.15, 0.2) is 5.76 Å². The summed E-state index contributed by atoms with van der Waals surface area (Å²) in [5.74, 6) is 7.14.